The van der Waals surface area contributed by atoms with Crippen LogP contribution in [0, 0.1) is 0 Å². The lowest BCUT2D eigenvalue weighted by Gasteiger charge is -2.40. The number of unbranched alkanes of at least 4 members (excludes halogenated alkanes) is 49. The van der Waals surface area contributed by atoms with Crippen LogP contribution in [0.25, 0.3) is 0 Å². The third kappa shape index (κ3) is 56.0. The molecule has 90 heavy (non-hydrogen) atoms. The summed E-state index contributed by atoms with van der Waals surface area (Å²) in [6.07, 6.45) is 80.1. The van der Waals surface area contributed by atoms with E-state index >= 15 is 0 Å². The predicted molar refractivity (Wildman–Crippen MR) is 380 cm³/mol. The van der Waals surface area contributed by atoms with E-state index in [1.54, 1.807) is 6.08 Å². The van der Waals surface area contributed by atoms with Crippen LogP contribution in [0.5, 0.6) is 0 Å². The first-order valence-corrected chi connectivity index (χ1v) is 38.9. The molecule has 1 heterocycles. The van der Waals surface area contributed by atoms with Crippen molar-refractivity contribution in [2.24, 2.45) is 0 Å². The maximum Gasteiger partial charge on any atom is 0.305 e. The number of allylic oxidation sites excluding steroid dienone is 7. The number of nitrogens with one attached hydrogen (secondary N) is 1. The molecule has 0 aromatic rings. The van der Waals surface area contributed by atoms with Crippen molar-refractivity contribution in [1.29, 1.82) is 0 Å². The van der Waals surface area contributed by atoms with Gasteiger partial charge in [0, 0.05) is 12.8 Å². The summed E-state index contributed by atoms with van der Waals surface area (Å²) in [5.41, 5.74) is 0. The molecule has 0 aliphatic carbocycles. The minimum absolute atomic E-state index is 0.00196. The van der Waals surface area contributed by atoms with E-state index in [1.807, 2.05) is 6.08 Å². The minimum Gasteiger partial charge on any atom is -0.466 e. The Bertz CT molecular complexity index is 1630. The van der Waals surface area contributed by atoms with Crippen molar-refractivity contribution >= 4 is 11.9 Å². The zero-order chi connectivity index (χ0) is 65.1. The summed E-state index contributed by atoms with van der Waals surface area (Å²) in [6, 6.07) is -0.806. The number of carbonyl (C=O) groups is 2. The lowest BCUT2D eigenvalue weighted by atomic mass is 9.99. The number of hydrogen-bond acceptors (Lipinski definition) is 10. The highest BCUT2D eigenvalue weighted by molar-refractivity contribution is 5.76. The van der Waals surface area contributed by atoms with E-state index in [0.29, 0.717) is 19.4 Å². The molecular weight excluding hydrogens is 1120 g/mol. The fourth-order valence-electron chi connectivity index (χ4n) is 12.3. The lowest BCUT2D eigenvalue weighted by Crippen LogP contribution is -2.60. The van der Waals surface area contributed by atoms with Crippen LogP contribution in [0.15, 0.2) is 48.6 Å². The minimum atomic E-state index is -1.57. The summed E-state index contributed by atoms with van der Waals surface area (Å²) >= 11 is 0. The fourth-order valence-corrected chi connectivity index (χ4v) is 12.3. The van der Waals surface area contributed by atoms with Crippen LogP contribution in [0.1, 0.15) is 380 Å². The molecule has 1 rings (SSSR count). The number of ether oxygens (including phenoxy) is 3. The van der Waals surface area contributed by atoms with E-state index in [2.05, 4.69) is 55.6 Å². The topological polar surface area (TPSA) is 175 Å². The van der Waals surface area contributed by atoms with E-state index in [-0.39, 0.29) is 18.5 Å². The van der Waals surface area contributed by atoms with Crippen LogP contribution >= 0.6 is 0 Å². The van der Waals surface area contributed by atoms with Gasteiger partial charge in [-0.1, -0.05) is 326 Å². The van der Waals surface area contributed by atoms with Crippen LogP contribution in [0.4, 0.5) is 0 Å². The second kappa shape index (κ2) is 68.0. The van der Waals surface area contributed by atoms with Gasteiger partial charge in [-0.25, -0.2) is 0 Å². The van der Waals surface area contributed by atoms with Gasteiger partial charge in [0.1, 0.15) is 24.4 Å². The largest absolute Gasteiger partial charge is 0.466 e. The number of aliphatic hydroxyl groups excluding tert-OH is 5. The highest BCUT2D eigenvalue weighted by Crippen LogP contribution is 2.24. The number of amides is 1. The summed E-state index contributed by atoms with van der Waals surface area (Å²) in [5, 5.41) is 54.3. The quantitative estimate of drug-likeness (QED) is 0.0195. The molecule has 528 valence electrons. The van der Waals surface area contributed by atoms with Gasteiger partial charge in [0.2, 0.25) is 5.91 Å². The average molecular weight is 1270 g/mol. The molecule has 7 unspecified atom stereocenters. The van der Waals surface area contributed by atoms with Gasteiger partial charge in [-0.05, 0) is 89.9 Å². The lowest BCUT2D eigenvalue weighted by molar-refractivity contribution is -0.302. The van der Waals surface area contributed by atoms with Gasteiger partial charge >= 0.3 is 5.97 Å². The monoisotopic (exact) mass is 1270 g/mol. The predicted octanol–water partition coefficient (Wildman–Crippen LogP) is 20.7. The van der Waals surface area contributed by atoms with E-state index in [9.17, 15) is 35.1 Å². The Morgan fingerprint density at radius 1 is 0.411 bits per heavy atom. The van der Waals surface area contributed by atoms with Crippen LogP contribution in [-0.2, 0) is 23.8 Å². The second-order valence-electron chi connectivity index (χ2n) is 27.1. The Morgan fingerprint density at radius 2 is 0.744 bits per heavy atom. The van der Waals surface area contributed by atoms with Crippen LogP contribution in [0.2, 0.25) is 0 Å². The Balaban J connectivity index is 1.86. The number of aliphatic hydroxyl groups is 5. The smallest absolute Gasteiger partial charge is 0.305 e. The van der Waals surface area contributed by atoms with Crippen molar-refractivity contribution in [3.63, 3.8) is 0 Å². The van der Waals surface area contributed by atoms with Gasteiger partial charge < -0.3 is 45.1 Å². The molecule has 0 bridgehead atoms. The van der Waals surface area contributed by atoms with Crippen molar-refractivity contribution in [2.45, 2.75) is 423 Å². The highest BCUT2D eigenvalue weighted by Gasteiger charge is 2.44. The SMILES string of the molecule is CCCCCC/C=C\C/C=C\CCCCCCCC(=O)OCCCCCCCCCCCCCCCCCC/C=C\CCCCCCCCCCCCCCCCCCCC(=O)NC(COC1OC(CO)C(O)C(O)C1O)C(O)/C=C/CCCCCCCCC. The summed E-state index contributed by atoms with van der Waals surface area (Å²) in [7, 11) is 0. The standard InChI is InChI=1S/C79H147NO10/c1-3-5-7-9-11-13-14-15-16-41-44-47-51-55-59-63-67-75(84)88-68-64-60-56-52-48-45-42-39-37-35-33-31-29-27-25-23-21-19-17-18-20-22-24-26-28-30-32-34-36-38-40-43-46-50-54-58-62-66-74(83)80-71(72(82)65-61-57-53-49-12-10-8-6-4-2)70-89-79-78(87)77(86)76(85)73(69-81)90-79/h13-14,16-17,19,41,61,65,71-73,76-79,81-82,85-87H,3-12,15,18,20-40,42-60,62-64,66-70H2,1-2H3,(H,80,83)/b14-13-,19-17-,41-16-,65-61+. The maximum absolute atomic E-state index is 13.0. The molecular formula is C79H147NO10. The second-order valence-corrected chi connectivity index (χ2v) is 27.1. The van der Waals surface area contributed by atoms with Crippen LogP contribution in [0.3, 0.4) is 0 Å². The van der Waals surface area contributed by atoms with Crippen LogP contribution in [-0.4, -0.2) is 100 Å². The first kappa shape index (κ1) is 85.6. The molecule has 1 amide bonds. The molecule has 7 atom stereocenters. The number of rotatable bonds is 69. The van der Waals surface area contributed by atoms with Gasteiger partial charge in [-0.15, -0.1) is 0 Å². The molecule has 1 aliphatic rings. The zero-order valence-corrected chi connectivity index (χ0v) is 58.9. The fraction of sp³-hybridized carbons (Fsp3) is 0.873. The molecule has 11 heteroatoms. The van der Waals surface area contributed by atoms with E-state index < -0.39 is 49.5 Å². The Hall–Kier alpha value is -2.38. The number of esters is 1. The summed E-state index contributed by atoms with van der Waals surface area (Å²) in [4.78, 5) is 25.1. The van der Waals surface area contributed by atoms with E-state index in [4.69, 9.17) is 14.2 Å². The van der Waals surface area contributed by atoms with E-state index in [0.717, 1.165) is 64.2 Å². The first-order chi connectivity index (χ1) is 44.2. The van der Waals surface area contributed by atoms with Gasteiger partial charge in [-0.3, -0.25) is 9.59 Å². The van der Waals surface area contributed by atoms with Gasteiger partial charge in [0.05, 0.1) is 32.0 Å². The number of hydrogen-bond donors (Lipinski definition) is 6. The highest BCUT2D eigenvalue weighted by atomic mass is 16.7. The molecule has 0 aromatic heterocycles. The Kier molecular flexibility index (Phi) is 64.7. The van der Waals surface area contributed by atoms with Gasteiger partial charge in [0.15, 0.2) is 6.29 Å². The summed E-state index contributed by atoms with van der Waals surface area (Å²) in [6.45, 7) is 4.33. The third-order valence-electron chi connectivity index (χ3n) is 18.4. The van der Waals surface area contributed by atoms with Gasteiger partial charge in [0.25, 0.3) is 0 Å². The molecule has 0 radical (unpaired) electrons. The van der Waals surface area contributed by atoms with Gasteiger partial charge in [-0.2, -0.15) is 0 Å². The molecule has 0 spiro atoms. The van der Waals surface area contributed by atoms with Crippen molar-refractivity contribution in [2.75, 3.05) is 19.8 Å². The van der Waals surface area contributed by atoms with Crippen molar-refractivity contribution in [3.8, 4) is 0 Å². The molecule has 6 N–H and O–H groups in total. The van der Waals surface area contributed by atoms with E-state index in [1.165, 1.54) is 289 Å². The third-order valence-corrected chi connectivity index (χ3v) is 18.4. The summed E-state index contributed by atoms with van der Waals surface area (Å²) < 4.78 is 16.7. The maximum atomic E-state index is 13.0. The van der Waals surface area contributed by atoms with Crippen molar-refractivity contribution in [1.82, 2.24) is 5.32 Å². The zero-order valence-electron chi connectivity index (χ0n) is 58.9. The molecule has 0 saturated carbocycles. The first-order valence-electron chi connectivity index (χ1n) is 38.9. The molecule has 1 fully saturated rings. The normalized spacial score (nSPS) is 17.9. The Labute approximate surface area is 555 Å². The molecule has 1 saturated heterocycles. The average Bonchev–Trinajstić information content (AvgIpc) is 1.55. The molecule has 0 aromatic carbocycles. The Morgan fingerprint density at radius 3 is 1.14 bits per heavy atom. The van der Waals surface area contributed by atoms with Crippen molar-refractivity contribution < 1.29 is 49.3 Å². The van der Waals surface area contributed by atoms with Crippen molar-refractivity contribution in [3.05, 3.63) is 48.6 Å². The molecule has 11 nitrogen and oxygen atoms in total. The number of carbonyl (C=O) groups excluding carboxylic acids is 2. The summed E-state index contributed by atoms with van der Waals surface area (Å²) in [5.74, 6) is -0.177. The molecule has 1 aliphatic heterocycles. The van der Waals surface area contributed by atoms with Crippen LogP contribution < -0.4 is 5.32 Å².